The summed E-state index contributed by atoms with van der Waals surface area (Å²) in [6, 6.07) is 0. The van der Waals surface area contributed by atoms with Crippen LogP contribution in [0.1, 0.15) is 26.2 Å². The highest BCUT2D eigenvalue weighted by Crippen LogP contribution is 2.26. The molecule has 0 rings (SSSR count). The van der Waals surface area contributed by atoms with Gasteiger partial charge in [-0.15, -0.1) is 0 Å². The Labute approximate surface area is 107 Å². The zero-order valence-electron chi connectivity index (χ0n) is 10.1. The fourth-order valence-electron chi connectivity index (χ4n) is 0.885. The molecule has 1 N–H and O–H groups in total. The third-order valence-electron chi connectivity index (χ3n) is 1.92. The van der Waals surface area contributed by atoms with Gasteiger partial charge in [0.05, 0.1) is 5.92 Å². The van der Waals surface area contributed by atoms with Crippen molar-refractivity contribution in [2.24, 2.45) is 10.7 Å². The fraction of sp³-hybridized carbons (Fsp3) is 0.778. The summed E-state index contributed by atoms with van der Waals surface area (Å²) in [6.07, 6.45) is 1.73. The molecule has 0 saturated carbocycles. The van der Waals surface area contributed by atoms with E-state index in [-0.39, 0.29) is 20.8 Å². The van der Waals surface area contributed by atoms with E-state index in [2.05, 4.69) is 4.74 Å². The second kappa shape index (κ2) is 10.1. The number of hydrogen-bond donors (Lipinski definition) is 1. The molecule has 7 heteroatoms. The molecule has 0 aliphatic rings. The molecule has 1 amide bonds. The maximum atomic E-state index is 10.9. The lowest BCUT2D eigenvalue weighted by Crippen LogP contribution is -2.14. The van der Waals surface area contributed by atoms with Gasteiger partial charge in [0, 0.05) is 17.9 Å². The fourth-order valence-corrected chi connectivity index (χ4v) is 3.49. The largest absolute Gasteiger partial charge is 0.481 e. The maximum Gasteiger partial charge on any atom is 0.307 e. The zero-order chi connectivity index (χ0) is 13.1. The molecule has 0 saturated heterocycles. The minimum Gasteiger partial charge on any atom is -0.481 e. The molecule has 0 aliphatic carbocycles. The van der Waals surface area contributed by atoms with E-state index >= 15 is 0 Å². The van der Waals surface area contributed by atoms with Crippen LogP contribution in [-0.4, -0.2) is 29.8 Å². The molecule has 0 spiro atoms. The Balaban J connectivity index is 3.46. The number of nitrogens with zero attached hydrogens (tertiary/aromatic N) is 1. The summed E-state index contributed by atoms with van der Waals surface area (Å²) < 4.78 is 10.1. The van der Waals surface area contributed by atoms with Crippen molar-refractivity contribution in [3.05, 3.63) is 0 Å². The first-order valence-corrected chi connectivity index (χ1v) is 7.85. The first-order valence-electron chi connectivity index (χ1n) is 5.41. The maximum absolute atomic E-state index is 10.9. The van der Waals surface area contributed by atoms with Gasteiger partial charge in [0.15, 0.2) is 0 Å². The molecule has 0 aliphatic heterocycles. The van der Waals surface area contributed by atoms with Crippen molar-refractivity contribution in [3.63, 3.8) is 0 Å². The number of aliphatic carboxylic acids is 1. The highest BCUT2D eigenvalue weighted by atomic mass is 33.1. The van der Waals surface area contributed by atoms with Crippen LogP contribution < -0.4 is 0 Å². The van der Waals surface area contributed by atoms with E-state index < -0.39 is 5.97 Å². The molecule has 1 unspecified atom stereocenters. The van der Waals surface area contributed by atoms with Crippen LogP contribution in [0.15, 0.2) is 4.74 Å². The summed E-state index contributed by atoms with van der Waals surface area (Å²) in [5, 5.41) is 8.81. The molecule has 1 atom stereocenters. The van der Waals surface area contributed by atoms with Crippen LogP contribution in [0.25, 0.3) is 0 Å². The molecule has 92 valence electrons. The number of hydrogen-bond acceptors (Lipinski definition) is 4. The molecular formula is C9H16NO3PS2. The molecule has 0 aromatic carbocycles. The van der Waals surface area contributed by atoms with Gasteiger partial charge in [-0.25, -0.2) is 4.74 Å². The van der Waals surface area contributed by atoms with Crippen LogP contribution in [0.5, 0.6) is 0 Å². The highest BCUT2D eigenvalue weighted by molar-refractivity contribution is 8.76. The Kier molecular flexibility index (Phi) is 8.85. The van der Waals surface area contributed by atoms with Crippen LogP contribution in [0.2, 0.25) is 0 Å². The molecule has 4 nitrogen and oxygen atoms in total. The Bertz CT molecular complexity index is 279. The second-order valence-corrected chi connectivity index (χ2v) is 5.97. The molecule has 0 radical (unpaired) electrons. The van der Waals surface area contributed by atoms with Crippen LogP contribution >= 0.6 is 30.6 Å². The van der Waals surface area contributed by atoms with Gasteiger partial charge in [-0.3, -0.25) is 9.59 Å². The number of amides is 1. The van der Waals surface area contributed by atoms with Gasteiger partial charge >= 0.3 is 5.97 Å². The number of rotatable bonds is 9. The SMILES string of the molecule is [3H]P=NC(=O)CCCSSCC(CC)C(=O)O. The van der Waals surface area contributed by atoms with Crippen molar-refractivity contribution in [2.75, 3.05) is 11.5 Å². The lowest BCUT2D eigenvalue weighted by atomic mass is 10.1. The van der Waals surface area contributed by atoms with Crippen LogP contribution in [-0.2, 0) is 9.59 Å². The monoisotopic (exact) mass is 283 g/mol. The van der Waals surface area contributed by atoms with Gasteiger partial charge in [-0.1, -0.05) is 28.5 Å². The van der Waals surface area contributed by atoms with E-state index in [1.165, 1.54) is 10.8 Å². The topological polar surface area (TPSA) is 66.7 Å². The third-order valence-corrected chi connectivity index (χ3v) is 4.72. The molecular weight excluding hydrogens is 265 g/mol. The van der Waals surface area contributed by atoms with Gasteiger partial charge in [0.25, 0.3) is 0 Å². The van der Waals surface area contributed by atoms with Crippen LogP contribution in [0.4, 0.5) is 0 Å². The summed E-state index contributed by atoms with van der Waals surface area (Å²) in [5.74, 6) is 0.135. The van der Waals surface area contributed by atoms with Gasteiger partial charge in [-0.2, -0.15) is 0 Å². The Hall–Kier alpha value is -0.0600. The Morgan fingerprint density at radius 1 is 1.56 bits per heavy atom. The molecule has 16 heavy (non-hydrogen) atoms. The standard InChI is InChI=1S/C9H16NO3PS2/c1-2-7(9(12)13)6-16-15-5-3-4-8(11)10-14/h7,14H,2-6H2,1H3,(H,12,13)/i14T. The summed E-state index contributed by atoms with van der Waals surface area (Å²) in [5.41, 5.74) is 0. The van der Waals surface area contributed by atoms with E-state index in [0.29, 0.717) is 18.6 Å². The normalized spacial score (nSPS) is 13.7. The van der Waals surface area contributed by atoms with E-state index in [4.69, 9.17) is 6.39 Å². The quantitative estimate of drug-likeness (QED) is 0.400. The van der Waals surface area contributed by atoms with E-state index in [1.54, 1.807) is 10.8 Å². The van der Waals surface area contributed by atoms with Gasteiger partial charge in [-0.05, 0) is 21.8 Å². The minimum absolute atomic E-state index is 0.0142. The first kappa shape index (κ1) is 14.0. The van der Waals surface area contributed by atoms with Gasteiger partial charge in [0.1, 0.15) is 1.28 Å². The Morgan fingerprint density at radius 2 is 2.31 bits per heavy atom. The number of carbonyl (C=O) groups is 2. The molecule has 0 aromatic rings. The van der Waals surface area contributed by atoms with Crippen molar-refractivity contribution in [3.8, 4) is 0 Å². The van der Waals surface area contributed by atoms with Gasteiger partial charge < -0.3 is 5.11 Å². The van der Waals surface area contributed by atoms with E-state index in [1.807, 2.05) is 6.92 Å². The Morgan fingerprint density at radius 3 is 2.88 bits per heavy atom. The zero-order valence-corrected chi connectivity index (χ0v) is 11.6. The van der Waals surface area contributed by atoms with Crippen LogP contribution in [0.3, 0.4) is 0 Å². The summed E-state index contributed by atoms with van der Waals surface area (Å²) in [6.45, 7) is 1.87. The van der Waals surface area contributed by atoms with Gasteiger partial charge in [0.2, 0.25) is 5.91 Å². The van der Waals surface area contributed by atoms with Crippen molar-refractivity contribution < 1.29 is 14.7 Å². The molecule has 0 aromatic heterocycles. The minimum atomic E-state index is -0.746. The van der Waals surface area contributed by atoms with Crippen molar-refractivity contribution in [2.45, 2.75) is 26.2 Å². The highest BCUT2D eigenvalue weighted by Gasteiger charge is 2.14. The molecule has 0 bridgehead atoms. The van der Waals surface area contributed by atoms with Crippen molar-refractivity contribution in [1.29, 1.82) is 1.28 Å². The summed E-state index contributed by atoms with van der Waals surface area (Å²) >= 11 is 0. The van der Waals surface area contributed by atoms with E-state index in [9.17, 15) is 9.59 Å². The number of carbonyl (C=O) groups excluding carboxylic acids is 1. The predicted octanol–water partition coefficient (Wildman–Crippen LogP) is 3.11. The third kappa shape index (κ3) is 8.13. The lowest BCUT2D eigenvalue weighted by Gasteiger charge is -2.07. The smallest absolute Gasteiger partial charge is 0.307 e. The summed E-state index contributed by atoms with van der Waals surface area (Å²) in [7, 11) is 3.13. The number of carboxylic acid groups (broad SMARTS) is 1. The predicted molar refractivity (Wildman–Crippen MR) is 71.3 cm³/mol. The molecule has 0 fully saturated rings. The van der Waals surface area contributed by atoms with Crippen molar-refractivity contribution >= 4 is 42.4 Å². The second-order valence-electron chi connectivity index (χ2n) is 3.15. The summed E-state index contributed by atoms with van der Waals surface area (Å²) in [4.78, 5) is 21.6. The number of carboxylic acids is 1. The first-order chi connectivity index (χ1) is 8.11. The lowest BCUT2D eigenvalue weighted by molar-refractivity contribution is -0.141. The van der Waals surface area contributed by atoms with E-state index in [0.717, 1.165) is 12.2 Å². The van der Waals surface area contributed by atoms with Crippen LogP contribution in [0, 0.1) is 5.92 Å². The average Bonchev–Trinajstić information content (AvgIpc) is 2.28. The molecule has 0 heterocycles. The van der Waals surface area contributed by atoms with Crippen molar-refractivity contribution in [1.82, 2.24) is 0 Å². The average molecular weight is 283 g/mol.